The van der Waals surface area contributed by atoms with Crippen LogP contribution in [0.3, 0.4) is 0 Å². The van der Waals surface area contributed by atoms with Gasteiger partial charge in [-0.15, -0.1) is 0 Å². The number of amides is 2. The van der Waals surface area contributed by atoms with E-state index in [9.17, 15) is 9.59 Å². The van der Waals surface area contributed by atoms with Crippen LogP contribution in [0.5, 0.6) is 0 Å². The number of rotatable bonds is 6. The van der Waals surface area contributed by atoms with Crippen LogP contribution in [-0.4, -0.2) is 41.2 Å². The third-order valence-electron chi connectivity index (χ3n) is 5.29. The van der Waals surface area contributed by atoms with Crippen molar-refractivity contribution < 1.29 is 9.59 Å². The van der Waals surface area contributed by atoms with Gasteiger partial charge in [0, 0.05) is 18.8 Å². The number of aromatic nitrogens is 2. The van der Waals surface area contributed by atoms with E-state index >= 15 is 0 Å². The number of benzene rings is 2. The quantitative estimate of drug-likeness (QED) is 0.620. The first-order valence-corrected chi connectivity index (χ1v) is 10.6. The highest BCUT2D eigenvalue weighted by atomic mass is 35.5. The summed E-state index contributed by atoms with van der Waals surface area (Å²) in [5, 5.41) is 10.6. The molecule has 0 bridgehead atoms. The van der Waals surface area contributed by atoms with Gasteiger partial charge in [0.25, 0.3) is 5.91 Å². The van der Waals surface area contributed by atoms with E-state index in [-0.39, 0.29) is 18.4 Å². The Morgan fingerprint density at radius 3 is 2.74 bits per heavy atom. The molecule has 2 amide bonds. The molecule has 1 aliphatic rings. The van der Waals surface area contributed by atoms with Crippen LogP contribution in [0.25, 0.3) is 0 Å². The molecule has 0 spiro atoms. The SMILES string of the molecule is CCc1c(C(=O)Nc2ccc(N3CCNC(=O)C3)c(Cl)c2)cnn1Cc1ccccc1. The zero-order valence-corrected chi connectivity index (χ0v) is 18.0. The van der Waals surface area contributed by atoms with Gasteiger partial charge in [0.1, 0.15) is 0 Å². The maximum absolute atomic E-state index is 12.9. The Bertz CT molecular complexity index is 1100. The van der Waals surface area contributed by atoms with E-state index in [0.717, 1.165) is 16.9 Å². The maximum atomic E-state index is 12.9. The molecular weight excluding hydrogens is 414 g/mol. The molecule has 1 aliphatic heterocycles. The fraction of sp³-hybridized carbons (Fsp3) is 0.261. The molecule has 160 valence electrons. The highest BCUT2D eigenvalue weighted by Crippen LogP contribution is 2.29. The van der Waals surface area contributed by atoms with Gasteiger partial charge in [0.2, 0.25) is 5.91 Å². The summed E-state index contributed by atoms with van der Waals surface area (Å²) in [6, 6.07) is 15.4. The number of anilines is 2. The van der Waals surface area contributed by atoms with Gasteiger partial charge in [-0.25, -0.2) is 0 Å². The first kappa shape index (κ1) is 20.9. The molecule has 0 radical (unpaired) electrons. The first-order chi connectivity index (χ1) is 15.0. The standard InChI is InChI=1S/C23H24ClN5O2/c1-2-20-18(13-26-29(20)14-16-6-4-3-5-7-16)23(31)27-17-8-9-21(19(24)12-17)28-11-10-25-22(30)15-28/h3-9,12-13H,2,10-11,14-15H2,1H3,(H,25,30)(H,27,31). The van der Waals surface area contributed by atoms with E-state index in [4.69, 9.17) is 11.6 Å². The van der Waals surface area contributed by atoms with E-state index < -0.39 is 0 Å². The molecule has 4 rings (SSSR count). The van der Waals surface area contributed by atoms with Crippen LogP contribution in [0.15, 0.2) is 54.7 Å². The zero-order valence-electron chi connectivity index (χ0n) is 17.3. The Balaban J connectivity index is 1.49. The molecule has 2 N–H and O–H groups in total. The summed E-state index contributed by atoms with van der Waals surface area (Å²) in [4.78, 5) is 26.5. The van der Waals surface area contributed by atoms with Crippen molar-refractivity contribution in [3.63, 3.8) is 0 Å². The van der Waals surface area contributed by atoms with Crippen molar-refractivity contribution in [3.05, 3.63) is 76.6 Å². The second kappa shape index (κ2) is 9.22. The Morgan fingerprint density at radius 1 is 1.23 bits per heavy atom. The minimum atomic E-state index is -0.225. The summed E-state index contributed by atoms with van der Waals surface area (Å²) < 4.78 is 1.86. The molecule has 7 nitrogen and oxygen atoms in total. The number of halogens is 1. The number of carbonyl (C=O) groups excluding carboxylic acids is 2. The first-order valence-electron chi connectivity index (χ1n) is 10.3. The molecular formula is C23H24ClN5O2. The molecule has 31 heavy (non-hydrogen) atoms. The molecule has 0 saturated carbocycles. The lowest BCUT2D eigenvalue weighted by atomic mass is 10.1. The molecule has 1 aromatic heterocycles. The second-order valence-corrected chi connectivity index (χ2v) is 7.80. The van der Waals surface area contributed by atoms with E-state index in [0.29, 0.717) is 42.3 Å². The average molecular weight is 438 g/mol. The van der Waals surface area contributed by atoms with Gasteiger partial charge in [-0.3, -0.25) is 14.3 Å². The summed E-state index contributed by atoms with van der Waals surface area (Å²) in [5.41, 5.74) is 3.92. The number of nitrogens with zero attached hydrogens (tertiary/aromatic N) is 3. The number of carbonyl (C=O) groups is 2. The van der Waals surface area contributed by atoms with Gasteiger partial charge in [0.15, 0.2) is 0 Å². The molecule has 1 saturated heterocycles. The topological polar surface area (TPSA) is 79.3 Å². The molecule has 0 unspecified atom stereocenters. The molecule has 3 aromatic rings. The Morgan fingerprint density at radius 2 is 2.03 bits per heavy atom. The largest absolute Gasteiger partial charge is 0.359 e. The normalized spacial score (nSPS) is 13.7. The second-order valence-electron chi connectivity index (χ2n) is 7.39. The monoisotopic (exact) mass is 437 g/mol. The average Bonchev–Trinajstić information content (AvgIpc) is 3.17. The van der Waals surface area contributed by atoms with Crippen molar-refractivity contribution in [2.24, 2.45) is 0 Å². The minimum absolute atomic E-state index is 0.0284. The van der Waals surface area contributed by atoms with Gasteiger partial charge in [-0.1, -0.05) is 48.9 Å². The molecule has 0 atom stereocenters. The molecule has 1 fully saturated rings. The van der Waals surface area contributed by atoms with Crippen LogP contribution in [0, 0.1) is 0 Å². The number of piperazine rings is 1. The molecule has 2 heterocycles. The fourth-order valence-corrected chi connectivity index (χ4v) is 4.05. The van der Waals surface area contributed by atoms with Crippen LogP contribution in [0.1, 0.15) is 28.5 Å². The van der Waals surface area contributed by atoms with Crippen LogP contribution < -0.4 is 15.5 Å². The number of hydrogen-bond acceptors (Lipinski definition) is 4. The van der Waals surface area contributed by atoms with E-state index in [2.05, 4.69) is 15.7 Å². The number of nitrogens with one attached hydrogen (secondary N) is 2. The van der Waals surface area contributed by atoms with Crippen LogP contribution in [0.4, 0.5) is 11.4 Å². The van der Waals surface area contributed by atoms with E-state index in [1.165, 1.54) is 0 Å². The summed E-state index contributed by atoms with van der Waals surface area (Å²) in [6.45, 7) is 4.17. The van der Waals surface area contributed by atoms with E-state index in [1.54, 1.807) is 18.3 Å². The predicted molar refractivity (Wildman–Crippen MR) is 122 cm³/mol. The summed E-state index contributed by atoms with van der Waals surface area (Å²) in [7, 11) is 0. The smallest absolute Gasteiger partial charge is 0.259 e. The molecule has 0 aliphatic carbocycles. The van der Waals surface area contributed by atoms with Crippen molar-refractivity contribution >= 4 is 34.8 Å². The maximum Gasteiger partial charge on any atom is 0.259 e. The Kier molecular flexibility index (Phi) is 6.23. The van der Waals surface area contributed by atoms with Gasteiger partial charge < -0.3 is 15.5 Å². The summed E-state index contributed by atoms with van der Waals surface area (Å²) in [6.07, 6.45) is 2.30. The summed E-state index contributed by atoms with van der Waals surface area (Å²) in [5.74, 6) is -0.253. The predicted octanol–water partition coefficient (Wildman–Crippen LogP) is 3.34. The van der Waals surface area contributed by atoms with Gasteiger partial charge in [-0.2, -0.15) is 5.10 Å². The van der Waals surface area contributed by atoms with Crippen molar-refractivity contribution in [1.29, 1.82) is 0 Å². The third-order valence-corrected chi connectivity index (χ3v) is 5.59. The summed E-state index contributed by atoms with van der Waals surface area (Å²) >= 11 is 6.45. The van der Waals surface area contributed by atoms with Crippen molar-refractivity contribution in [2.75, 3.05) is 29.9 Å². The highest BCUT2D eigenvalue weighted by molar-refractivity contribution is 6.33. The zero-order chi connectivity index (χ0) is 21.8. The van der Waals surface area contributed by atoms with Crippen LogP contribution >= 0.6 is 11.6 Å². The lowest BCUT2D eigenvalue weighted by molar-refractivity contribution is -0.120. The minimum Gasteiger partial charge on any atom is -0.359 e. The third kappa shape index (κ3) is 4.72. The van der Waals surface area contributed by atoms with E-state index in [1.807, 2.05) is 52.9 Å². The Hall–Kier alpha value is -3.32. The van der Waals surface area contributed by atoms with Crippen molar-refractivity contribution in [3.8, 4) is 0 Å². The Labute approximate surface area is 186 Å². The fourth-order valence-electron chi connectivity index (χ4n) is 3.75. The van der Waals surface area contributed by atoms with Gasteiger partial charge in [-0.05, 0) is 30.2 Å². The van der Waals surface area contributed by atoms with Crippen molar-refractivity contribution in [1.82, 2.24) is 15.1 Å². The number of hydrogen-bond donors (Lipinski definition) is 2. The molecule has 8 heteroatoms. The highest BCUT2D eigenvalue weighted by Gasteiger charge is 2.20. The van der Waals surface area contributed by atoms with Gasteiger partial charge in [0.05, 0.1) is 41.3 Å². The lowest BCUT2D eigenvalue weighted by Crippen LogP contribution is -2.47. The lowest BCUT2D eigenvalue weighted by Gasteiger charge is -2.29. The van der Waals surface area contributed by atoms with Crippen molar-refractivity contribution in [2.45, 2.75) is 19.9 Å². The van der Waals surface area contributed by atoms with Gasteiger partial charge >= 0.3 is 0 Å². The van der Waals surface area contributed by atoms with Crippen LogP contribution in [-0.2, 0) is 17.8 Å². The molecule has 2 aromatic carbocycles. The van der Waals surface area contributed by atoms with Crippen LogP contribution in [0.2, 0.25) is 5.02 Å².